The lowest BCUT2D eigenvalue weighted by atomic mass is 10.2. The van der Waals surface area contributed by atoms with Gasteiger partial charge in [0.1, 0.15) is 5.69 Å². The number of benzene rings is 1. The molecule has 142 valence electrons. The van der Waals surface area contributed by atoms with Crippen molar-refractivity contribution in [3.8, 4) is 0 Å². The minimum Gasteiger partial charge on any atom is -0.476 e. The summed E-state index contributed by atoms with van der Waals surface area (Å²) >= 11 is 0. The molecule has 2 rings (SSSR count). The molecular weight excluding hydrogens is 352 g/mol. The van der Waals surface area contributed by atoms with E-state index in [-0.39, 0.29) is 17.3 Å². The van der Waals surface area contributed by atoms with Crippen molar-refractivity contribution in [2.45, 2.75) is 13.3 Å². The van der Waals surface area contributed by atoms with Gasteiger partial charge in [-0.3, -0.25) is 9.59 Å². The van der Waals surface area contributed by atoms with Gasteiger partial charge < -0.3 is 20.5 Å². The molecule has 0 atom stereocenters. The number of ether oxygens (including phenoxy) is 1. The number of carbonyl (C=O) groups is 3. The number of hydrogen-bond acceptors (Lipinski definition) is 6. The van der Waals surface area contributed by atoms with Crippen LogP contribution in [0.2, 0.25) is 0 Å². The molecule has 0 unspecified atom stereocenters. The first-order valence-corrected chi connectivity index (χ1v) is 8.34. The van der Waals surface area contributed by atoms with Gasteiger partial charge in [-0.2, -0.15) is 0 Å². The predicted molar refractivity (Wildman–Crippen MR) is 96.8 cm³/mol. The average Bonchev–Trinajstić information content (AvgIpc) is 2.68. The number of aromatic carboxylic acids is 1. The maximum Gasteiger partial charge on any atom is 0.356 e. The summed E-state index contributed by atoms with van der Waals surface area (Å²) in [5, 5.41) is 14.2. The Kier molecular flexibility index (Phi) is 7.38. The maximum atomic E-state index is 12.2. The molecule has 0 saturated heterocycles. The van der Waals surface area contributed by atoms with Gasteiger partial charge in [0.15, 0.2) is 5.69 Å². The van der Waals surface area contributed by atoms with E-state index in [0.717, 1.165) is 12.4 Å². The fourth-order valence-electron chi connectivity index (χ4n) is 2.11. The molecular formula is C18H20N4O5. The van der Waals surface area contributed by atoms with Crippen LogP contribution in [-0.2, 0) is 4.74 Å². The summed E-state index contributed by atoms with van der Waals surface area (Å²) in [7, 11) is 0. The molecule has 0 fully saturated rings. The third-order valence-electron chi connectivity index (χ3n) is 3.44. The van der Waals surface area contributed by atoms with Crippen LogP contribution < -0.4 is 10.6 Å². The van der Waals surface area contributed by atoms with Crippen molar-refractivity contribution < 1.29 is 24.2 Å². The minimum atomic E-state index is -1.23. The number of carboxylic acid groups (broad SMARTS) is 1. The molecule has 1 aromatic heterocycles. The Bertz CT molecular complexity index is 808. The predicted octanol–water partition coefficient (Wildman–Crippen LogP) is 1.58. The number of nitrogens with one attached hydrogen (secondary N) is 2. The van der Waals surface area contributed by atoms with Crippen LogP contribution in [0.1, 0.15) is 44.7 Å². The van der Waals surface area contributed by atoms with E-state index in [1.165, 1.54) is 6.07 Å². The molecule has 3 N–H and O–H groups in total. The zero-order chi connectivity index (χ0) is 19.6. The van der Waals surface area contributed by atoms with Crippen LogP contribution in [0.5, 0.6) is 0 Å². The Morgan fingerprint density at radius 1 is 1.11 bits per heavy atom. The van der Waals surface area contributed by atoms with E-state index in [4.69, 9.17) is 9.84 Å². The lowest BCUT2D eigenvalue weighted by Gasteiger charge is -2.08. The molecule has 9 heteroatoms. The fraction of sp³-hybridized carbons (Fsp3) is 0.278. The zero-order valence-corrected chi connectivity index (χ0v) is 14.8. The molecule has 1 heterocycles. The van der Waals surface area contributed by atoms with Crippen LogP contribution in [0.25, 0.3) is 0 Å². The highest BCUT2D eigenvalue weighted by molar-refractivity contribution is 6.03. The molecule has 9 nitrogen and oxygen atoms in total. The summed E-state index contributed by atoms with van der Waals surface area (Å²) in [6.45, 7) is 3.61. The highest BCUT2D eigenvalue weighted by Crippen LogP contribution is 2.12. The Balaban J connectivity index is 1.95. The third kappa shape index (κ3) is 6.15. The van der Waals surface area contributed by atoms with Crippen LogP contribution in [0.15, 0.2) is 36.7 Å². The van der Waals surface area contributed by atoms with E-state index < -0.39 is 11.9 Å². The van der Waals surface area contributed by atoms with E-state index in [0.29, 0.717) is 37.4 Å². The normalized spacial score (nSPS) is 10.3. The second kappa shape index (κ2) is 9.97. The molecule has 2 aromatic rings. The Hall–Kier alpha value is -3.33. The van der Waals surface area contributed by atoms with E-state index in [1.54, 1.807) is 18.2 Å². The molecule has 0 aliphatic carbocycles. The van der Waals surface area contributed by atoms with Crippen molar-refractivity contribution in [1.82, 2.24) is 15.3 Å². The summed E-state index contributed by atoms with van der Waals surface area (Å²) in [5.74, 6) is -2.05. The summed E-state index contributed by atoms with van der Waals surface area (Å²) < 4.78 is 5.20. The number of aromatic nitrogens is 2. The molecule has 0 radical (unpaired) electrons. The Morgan fingerprint density at radius 3 is 2.52 bits per heavy atom. The molecule has 2 amide bonds. The van der Waals surface area contributed by atoms with Crippen LogP contribution in [0, 0.1) is 0 Å². The van der Waals surface area contributed by atoms with Gasteiger partial charge in [-0.1, -0.05) is 6.07 Å². The minimum absolute atomic E-state index is 0.0363. The van der Waals surface area contributed by atoms with Gasteiger partial charge in [-0.25, -0.2) is 14.8 Å². The maximum absolute atomic E-state index is 12.2. The summed E-state index contributed by atoms with van der Waals surface area (Å²) in [6.07, 6.45) is 2.79. The number of anilines is 1. The monoisotopic (exact) mass is 372 g/mol. The van der Waals surface area contributed by atoms with Crippen LogP contribution in [0.4, 0.5) is 5.69 Å². The second-order valence-electron chi connectivity index (χ2n) is 5.43. The quantitative estimate of drug-likeness (QED) is 0.570. The van der Waals surface area contributed by atoms with Crippen molar-refractivity contribution in [3.63, 3.8) is 0 Å². The first kappa shape index (κ1) is 20.0. The van der Waals surface area contributed by atoms with E-state index in [1.807, 2.05) is 6.92 Å². The lowest BCUT2D eigenvalue weighted by Crippen LogP contribution is -2.25. The number of rotatable bonds is 9. The first-order chi connectivity index (χ1) is 13.0. The van der Waals surface area contributed by atoms with Crippen LogP contribution in [0.3, 0.4) is 0 Å². The van der Waals surface area contributed by atoms with Gasteiger partial charge in [0.05, 0.1) is 12.4 Å². The average molecular weight is 372 g/mol. The zero-order valence-electron chi connectivity index (χ0n) is 14.8. The van der Waals surface area contributed by atoms with Crippen LogP contribution in [-0.4, -0.2) is 52.6 Å². The van der Waals surface area contributed by atoms with Gasteiger partial charge in [-0.15, -0.1) is 0 Å². The van der Waals surface area contributed by atoms with Gasteiger partial charge in [0.2, 0.25) is 0 Å². The highest BCUT2D eigenvalue weighted by Gasteiger charge is 2.12. The van der Waals surface area contributed by atoms with Crippen molar-refractivity contribution >= 4 is 23.5 Å². The molecule has 27 heavy (non-hydrogen) atoms. The third-order valence-corrected chi connectivity index (χ3v) is 3.44. The van der Waals surface area contributed by atoms with E-state index >= 15 is 0 Å². The molecule has 0 aliphatic rings. The molecule has 0 bridgehead atoms. The van der Waals surface area contributed by atoms with E-state index in [9.17, 15) is 14.4 Å². The molecule has 1 aromatic carbocycles. The summed E-state index contributed by atoms with van der Waals surface area (Å²) in [4.78, 5) is 42.5. The van der Waals surface area contributed by atoms with Crippen molar-refractivity contribution in [1.29, 1.82) is 0 Å². The van der Waals surface area contributed by atoms with Gasteiger partial charge in [-0.05, 0) is 31.5 Å². The largest absolute Gasteiger partial charge is 0.476 e. The van der Waals surface area contributed by atoms with Gasteiger partial charge in [0.25, 0.3) is 11.8 Å². The van der Waals surface area contributed by atoms with Crippen molar-refractivity contribution in [3.05, 3.63) is 53.6 Å². The van der Waals surface area contributed by atoms with Crippen molar-refractivity contribution in [2.75, 3.05) is 25.1 Å². The number of amides is 2. The summed E-state index contributed by atoms with van der Waals surface area (Å²) in [5.41, 5.74) is 0.517. The van der Waals surface area contributed by atoms with Gasteiger partial charge >= 0.3 is 5.97 Å². The highest BCUT2D eigenvalue weighted by atomic mass is 16.5. The van der Waals surface area contributed by atoms with Gasteiger partial charge in [0, 0.05) is 31.0 Å². The number of nitrogens with zero attached hydrogens (tertiary/aromatic N) is 2. The molecule has 0 aliphatic heterocycles. The molecule has 0 saturated carbocycles. The lowest BCUT2D eigenvalue weighted by molar-refractivity contribution is 0.0689. The molecule has 0 spiro atoms. The van der Waals surface area contributed by atoms with E-state index in [2.05, 4.69) is 20.6 Å². The first-order valence-electron chi connectivity index (χ1n) is 8.34. The Morgan fingerprint density at radius 2 is 1.85 bits per heavy atom. The summed E-state index contributed by atoms with van der Waals surface area (Å²) in [6, 6.07) is 6.44. The number of hydrogen-bond donors (Lipinski definition) is 3. The smallest absolute Gasteiger partial charge is 0.356 e. The SMILES string of the molecule is CCOCCCNC(=O)c1cccc(NC(=O)c2cnc(C(=O)O)cn2)c1. The Labute approximate surface area is 155 Å². The second-order valence-corrected chi connectivity index (χ2v) is 5.43. The number of carboxylic acids is 1. The fourth-order valence-corrected chi connectivity index (χ4v) is 2.11. The standard InChI is InChI=1S/C18H20N4O5/c1-2-27-8-4-7-19-16(23)12-5-3-6-13(9-12)22-17(24)14-10-21-15(11-20-14)18(25)26/h3,5-6,9-11H,2,4,7-8H2,1H3,(H,19,23)(H,22,24)(H,25,26). The van der Waals surface area contributed by atoms with Crippen LogP contribution >= 0.6 is 0 Å². The number of carbonyl (C=O) groups excluding carboxylic acids is 2. The topological polar surface area (TPSA) is 131 Å². The van der Waals surface area contributed by atoms with Crippen molar-refractivity contribution in [2.24, 2.45) is 0 Å².